The Morgan fingerprint density at radius 3 is 2.00 bits per heavy atom. The molecule has 2 aromatic rings. The van der Waals surface area contributed by atoms with Crippen LogP contribution < -0.4 is 0 Å². The molecule has 2 rings (SSSR count). The summed E-state index contributed by atoms with van der Waals surface area (Å²) in [6, 6.07) is 16.5. The first kappa shape index (κ1) is 18.7. The van der Waals surface area contributed by atoms with Crippen LogP contribution in [-0.2, 0) is 0 Å². The van der Waals surface area contributed by atoms with Gasteiger partial charge in [0.15, 0.2) is 0 Å². The molecule has 0 heterocycles. The lowest BCUT2D eigenvalue weighted by molar-refractivity contribution is -0.0410. The molecule has 0 aliphatic rings. The number of carbonyl (C=O) groups is 2. The molecule has 2 aromatic carbocycles. The molecule has 0 aromatic heterocycles. The van der Waals surface area contributed by atoms with E-state index in [1.165, 1.54) is 5.01 Å². The minimum Gasteiger partial charge on any atom is -0.267 e. The van der Waals surface area contributed by atoms with E-state index in [2.05, 4.69) is 0 Å². The van der Waals surface area contributed by atoms with Crippen LogP contribution in [0.5, 0.6) is 0 Å². The molecule has 0 spiro atoms. The lowest BCUT2D eigenvalue weighted by Crippen LogP contribution is -2.58. The van der Waals surface area contributed by atoms with Crippen molar-refractivity contribution in [2.24, 2.45) is 0 Å². The zero-order chi connectivity index (χ0) is 18.6. The summed E-state index contributed by atoms with van der Waals surface area (Å²) >= 11 is 0. The van der Waals surface area contributed by atoms with Gasteiger partial charge in [-0.1, -0.05) is 35.9 Å². The maximum atomic E-state index is 13.2. The molecular weight excluding hydrogens is 312 g/mol. The maximum absolute atomic E-state index is 13.2. The van der Waals surface area contributed by atoms with Gasteiger partial charge in [0.05, 0.1) is 5.54 Å². The molecule has 4 heteroatoms. The number of nitrogens with zero attached hydrogens (tertiary/aromatic N) is 2. The summed E-state index contributed by atoms with van der Waals surface area (Å²) in [4.78, 5) is 26.2. The van der Waals surface area contributed by atoms with Gasteiger partial charge in [-0.05, 0) is 58.9 Å². The number of hydrazine groups is 1. The Morgan fingerprint density at radius 2 is 1.48 bits per heavy atom. The van der Waals surface area contributed by atoms with E-state index in [9.17, 15) is 9.59 Å². The number of carbonyl (C=O) groups excluding carboxylic acids is 2. The Morgan fingerprint density at radius 1 is 0.880 bits per heavy atom. The average molecular weight is 338 g/mol. The van der Waals surface area contributed by atoms with Crippen LogP contribution in [0, 0.1) is 6.92 Å². The third-order valence-corrected chi connectivity index (χ3v) is 3.89. The number of aryl methyl sites for hydroxylation is 1. The zero-order valence-electron chi connectivity index (χ0n) is 15.6. The highest BCUT2D eigenvalue weighted by atomic mass is 16.2. The second-order valence-electron chi connectivity index (χ2n) is 7.04. The van der Waals surface area contributed by atoms with Crippen LogP contribution in [0.4, 0.5) is 0 Å². The second kappa shape index (κ2) is 7.51. The van der Waals surface area contributed by atoms with Gasteiger partial charge in [-0.3, -0.25) is 9.59 Å². The fraction of sp³-hybridized carbons (Fsp3) is 0.333. The quantitative estimate of drug-likeness (QED) is 0.782. The summed E-state index contributed by atoms with van der Waals surface area (Å²) in [5.74, 6) is -0.360. The first-order valence-electron chi connectivity index (χ1n) is 8.53. The Labute approximate surface area is 150 Å². The normalized spacial score (nSPS) is 11.1. The van der Waals surface area contributed by atoms with Crippen LogP contribution >= 0.6 is 0 Å². The van der Waals surface area contributed by atoms with Crippen molar-refractivity contribution in [1.29, 1.82) is 0 Å². The van der Waals surface area contributed by atoms with Gasteiger partial charge in [0, 0.05) is 17.7 Å². The SMILES string of the molecule is CCN(C(=O)c1ccccc1)N(C(=O)c1cccc(C)c1)C(C)(C)C. The van der Waals surface area contributed by atoms with E-state index < -0.39 is 5.54 Å². The summed E-state index contributed by atoms with van der Waals surface area (Å²) < 4.78 is 0. The summed E-state index contributed by atoms with van der Waals surface area (Å²) in [5.41, 5.74) is 1.61. The van der Waals surface area contributed by atoms with Crippen molar-refractivity contribution in [2.75, 3.05) is 6.54 Å². The second-order valence-corrected chi connectivity index (χ2v) is 7.04. The van der Waals surface area contributed by atoms with E-state index in [1.807, 2.05) is 71.0 Å². The summed E-state index contributed by atoms with van der Waals surface area (Å²) in [6.45, 7) is 10.0. The predicted octanol–water partition coefficient (Wildman–Crippen LogP) is 4.31. The monoisotopic (exact) mass is 338 g/mol. The molecule has 0 saturated carbocycles. The highest BCUT2D eigenvalue weighted by Crippen LogP contribution is 2.22. The maximum Gasteiger partial charge on any atom is 0.272 e. The summed E-state index contributed by atoms with van der Waals surface area (Å²) in [5, 5.41) is 3.09. The van der Waals surface area contributed by atoms with Crippen molar-refractivity contribution in [3.8, 4) is 0 Å². The van der Waals surface area contributed by atoms with Crippen LogP contribution in [0.2, 0.25) is 0 Å². The average Bonchev–Trinajstić information content (AvgIpc) is 2.58. The number of rotatable bonds is 3. The first-order chi connectivity index (χ1) is 11.8. The van der Waals surface area contributed by atoms with Crippen molar-refractivity contribution in [2.45, 2.75) is 40.2 Å². The van der Waals surface area contributed by atoms with Crippen molar-refractivity contribution in [3.63, 3.8) is 0 Å². The molecule has 0 aliphatic carbocycles. The minimum absolute atomic E-state index is 0.178. The van der Waals surface area contributed by atoms with Crippen LogP contribution in [0.15, 0.2) is 54.6 Å². The Kier molecular flexibility index (Phi) is 5.62. The molecule has 0 fully saturated rings. The van der Waals surface area contributed by atoms with E-state index in [1.54, 1.807) is 23.2 Å². The van der Waals surface area contributed by atoms with E-state index >= 15 is 0 Å². The van der Waals surface area contributed by atoms with E-state index in [-0.39, 0.29) is 11.8 Å². The molecule has 132 valence electrons. The zero-order valence-corrected chi connectivity index (χ0v) is 15.6. The van der Waals surface area contributed by atoms with Crippen molar-refractivity contribution < 1.29 is 9.59 Å². The first-order valence-corrected chi connectivity index (χ1v) is 8.53. The molecule has 4 nitrogen and oxygen atoms in total. The van der Waals surface area contributed by atoms with Crippen molar-refractivity contribution in [1.82, 2.24) is 10.0 Å². The third kappa shape index (κ3) is 4.27. The topological polar surface area (TPSA) is 40.6 Å². The third-order valence-electron chi connectivity index (χ3n) is 3.89. The lowest BCUT2D eigenvalue weighted by Gasteiger charge is -2.43. The Hall–Kier alpha value is -2.62. The highest BCUT2D eigenvalue weighted by Gasteiger charge is 2.35. The largest absolute Gasteiger partial charge is 0.272 e. The van der Waals surface area contributed by atoms with Crippen LogP contribution in [0.25, 0.3) is 0 Å². The van der Waals surface area contributed by atoms with Gasteiger partial charge < -0.3 is 0 Å². The van der Waals surface area contributed by atoms with Crippen molar-refractivity contribution in [3.05, 3.63) is 71.3 Å². The van der Waals surface area contributed by atoms with Gasteiger partial charge in [-0.15, -0.1) is 0 Å². The summed E-state index contributed by atoms with van der Waals surface area (Å²) in [6.07, 6.45) is 0. The number of hydrogen-bond donors (Lipinski definition) is 0. The molecule has 0 radical (unpaired) electrons. The van der Waals surface area contributed by atoms with E-state index in [0.717, 1.165) is 5.56 Å². The molecule has 2 amide bonds. The van der Waals surface area contributed by atoms with Gasteiger partial charge in [0.2, 0.25) is 0 Å². The molecule has 0 atom stereocenters. The molecular formula is C21H26N2O2. The molecule has 0 saturated heterocycles. The lowest BCUT2D eigenvalue weighted by atomic mass is 10.0. The molecule has 25 heavy (non-hydrogen) atoms. The van der Waals surface area contributed by atoms with E-state index in [0.29, 0.717) is 17.7 Å². The highest BCUT2D eigenvalue weighted by molar-refractivity contribution is 5.99. The fourth-order valence-electron chi connectivity index (χ4n) is 2.78. The van der Waals surface area contributed by atoms with Gasteiger partial charge in [0.1, 0.15) is 0 Å². The smallest absolute Gasteiger partial charge is 0.267 e. The number of amides is 2. The Balaban J connectivity index is 2.45. The summed E-state index contributed by atoms with van der Waals surface area (Å²) in [7, 11) is 0. The van der Waals surface area contributed by atoms with Gasteiger partial charge in [-0.25, -0.2) is 10.0 Å². The van der Waals surface area contributed by atoms with Crippen LogP contribution in [0.3, 0.4) is 0 Å². The van der Waals surface area contributed by atoms with Gasteiger partial charge in [0.25, 0.3) is 11.8 Å². The predicted molar refractivity (Wildman–Crippen MR) is 100 cm³/mol. The van der Waals surface area contributed by atoms with Crippen LogP contribution in [-0.4, -0.2) is 33.9 Å². The number of benzene rings is 2. The number of hydrogen-bond acceptors (Lipinski definition) is 2. The fourth-order valence-corrected chi connectivity index (χ4v) is 2.78. The standard InChI is InChI=1S/C21H26N2O2/c1-6-22(19(24)17-12-8-7-9-13-17)23(21(3,4)5)20(25)18-14-10-11-16(2)15-18/h7-15H,6H2,1-5H3. The van der Waals surface area contributed by atoms with Gasteiger partial charge >= 0.3 is 0 Å². The van der Waals surface area contributed by atoms with Crippen molar-refractivity contribution >= 4 is 11.8 Å². The van der Waals surface area contributed by atoms with Crippen LogP contribution in [0.1, 0.15) is 54.0 Å². The molecule has 0 bridgehead atoms. The Bertz CT molecular complexity index is 748. The molecule has 0 aliphatic heterocycles. The van der Waals surface area contributed by atoms with E-state index in [4.69, 9.17) is 0 Å². The molecule has 0 unspecified atom stereocenters. The van der Waals surface area contributed by atoms with Gasteiger partial charge in [-0.2, -0.15) is 0 Å². The minimum atomic E-state index is -0.540. The molecule has 0 N–H and O–H groups in total.